The summed E-state index contributed by atoms with van der Waals surface area (Å²) in [5.41, 5.74) is 4.77. The highest BCUT2D eigenvalue weighted by Crippen LogP contribution is 2.22. The van der Waals surface area contributed by atoms with Crippen molar-refractivity contribution in [1.29, 1.82) is 0 Å². The maximum absolute atomic E-state index is 13.0. The number of hydrogen-bond donors (Lipinski definition) is 2. The maximum Gasteiger partial charge on any atom is 0.339 e. The van der Waals surface area contributed by atoms with Gasteiger partial charge in [0.25, 0.3) is 5.92 Å². The van der Waals surface area contributed by atoms with Gasteiger partial charge in [0.05, 0.1) is 35.7 Å². The fourth-order valence-corrected chi connectivity index (χ4v) is 2.71. The summed E-state index contributed by atoms with van der Waals surface area (Å²) in [6, 6.07) is 3.15. The lowest BCUT2D eigenvalue weighted by atomic mass is 10.2. The third-order valence-corrected chi connectivity index (χ3v) is 4.19. The van der Waals surface area contributed by atoms with E-state index >= 15 is 0 Å². The van der Waals surface area contributed by atoms with Crippen molar-refractivity contribution in [3.05, 3.63) is 28.8 Å². The number of hydrogen-bond acceptors (Lipinski definition) is 5. The molecule has 0 heterocycles. The Labute approximate surface area is 137 Å². The molecule has 0 saturated carbocycles. The second-order valence-corrected chi connectivity index (χ2v) is 6.19. The van der Waals surface area contributed by atoms with Gasteiger partial charge in [-0.3, -0.25) is 0 Å². The van der Waals surface area contributed by atoms with E-state index < -0.39 is 35.0 Å². The zero-order valence-corrected chi connectivity index (χ0v) is 13.7. The zero-order valence-electron chi connectivity index (χ0n) is 11.3. The molecule has 0 atom stereocenters. The van der Waals surface area contributed by atoms with E-state index in [2.05, 4.69) is 4.74 Å². The summed E-state index contributed by atoms with van der Waals surface area (Å²) in [5.74, 6) is -4.10. The van der Waals surface area contributed by atoms with Gasteiger partial charge >= 0.3 is 5.97 Å². The van der Waals surface area contributed by atoms with E-state index in [-0.39, 0.29) is 27.9 Å². The highest BCUT2D eigenvalue weighted by Gasteiger charge is 2.29. The van der Waals surface area contributed by atoms with Crippen LogP contribution in [0.1, 0.15) is 10.4 Å². The van der Waals surface area contributed by atoms with Crippen LogP contribution in [0.3, 0.4) is 0 Å². The fourth-order valence-electron chi connectivity index (χ4n) is 1.29. The number of alkyl halides is 2. The van der Waals surface area contributed by atoms with Crippen LogP contribution in [0.15, 0.2) is 23.1 Å². The van der Waals surface area contributed by atoms with E-state index in [4.69, 9.17) is 17.3 Å². The van der Waals surface area contributed by atoms with Crippen molar-refractivity contribution in [3.8, 4) is 0 Å². The SMILES string of the molecule is COC(=O)c1ccc(S(=O)(=O)NCC(F)(F)CN)cc1Cl.Cl. The minimum Gasteiger partial charge on any atom is -0.465 e. The smallest absolute Gasteiger partial charge is 0.339 e. The molecule has 0 aromatic heterocycles. The van der Waals surface area contributed by atoms with Gasteiger partial charge in [-0.05, 0) is 18.2 Å². The van der Waals surface area contributed by atoms with Gasteiger partial charge in [0.2, 0.25) is 10.0 Å². The molecule has 0 amide bonds. The molecule has 0 fully saturated rings. The lowest BCUT2D eigenvalue weighted by Gasteiger charge is -2.15. The number of sulfonamides is 1. The molecule has 0 spiro atoms. The first-order valence-corrected chi connectivity index (χ1v) is 7.44. The molecular formula is C11H14Cl2F2N2O4S. The Balaban J connectivity index is 0.00000441. The van der Waals surface area contributed by atoms with Gasteiger partial charge in [0, 0.05) is 0 Å². The van der Waals surface area contributed by atoms with Crippen molar-refractivity contribution >= 4 is 40.0 Å². The van der Waals surface area contributed by atoms with E-state index in [0.29, 0.717) is 0 Å². The Morgan fingerprint density at radius 3 is 2.50 bits per heavy atom. The predicted molar refractivity (Wildman–Crippen MR) is 79.2 cm³/mol. The summed E-state index contributed by atoms with van der Waals surface area (Å²) in [5, 5.41) is -0.171. The van der Waals surface area contributed by atoms with Crippen molar-refractivity contribution in [1.82, 2.24) is 4.72 Å². The van der Waals surface area contributed by atoms with E-state index in [1.54, 1.807) is 4.72 Å². The van der Waals surface area contributed by atoms with Crippen LogP contribution in [0.25, 0.3) is 0 Å². The molecule has 0 unspecified atom stereocenters. The number of nitrogens with one attached hydrogen (secondary N) is 1. The van der Waals surface area contributed by atoms with Crippen LogP contribution in [0.2, 0.25) is 5.02 Å². The molecule has 0 aliphatic carbocycles. The third-order valence-electron chi connectivity index (χ3n) is 2.48. The lowest BCUT2D eigenvalue weighted by molar-refractivity contribution is 0.0170. The monoisotopic (exact) mass is 378 g/mol. The summed E-state index contributed by atoms with van der Waals surface area (Å²) in [6.07, 6.45) is 0. The number of nitrogens with two attached hydrogens (primary N) is 1. The summed E-state index contributed by atoms with van der Waals surface area (Å²) in [6.45, 7) is -2.13. The molecule has 126 valence electrons. The Kier molecular flexibility index (Phi) is 7.66. The normalized spacial score (nSPS) is 11.7. The van der Waals surface area contributed by atoms with E-state index in [1.807, 2.05) is 0 Å². The van der Waals surface area contributed by atoms with Crippen LogP contribution in [0.5, 0.6) is 0 Å². The topological polar surface area (TPSA) is 98.5 Å². The van der Waals surface area contributed by atoms with Gasteiger partial charge in [0.15, 0.2) is 0 Å². The second kappa shape index (κ2) is 8.02. The molecule has 0 bridgehead atoms. The average molecular weight is 379 g/mol. The molecule has 22 heavy (non-hydrogen) atoms. The standard InChI is InChI=1S/C11H13ClF2N2O4S.ClH/c1-20-10(17)8-3-2-7(4-9(8)12)21(18,19)16-6-11(13,14)5-15;/h2-4,16H,5-6,15H2,1H3;1H. The van der Waals surface area contributed by atoms with Gasteiger partial charge < -0.3 is 10.5 Å². The second-order valence-electron chi connectivity index (χ2n) is 4.02. The Morgan fingerprint density at radius 1 is 1.45 bits per heavy atom. The number of ether oxygens (including phenoxy) is 1. The minimum atomic E-state index is -4.20. The first-order chi connectivity index (χ1) is 9.63. The molecule has 11 heteroatoms. The molecule has 1 aromatic rings. The van der Waals surface area contributed by atoms with Crippen molar-refractivity contribution in [2.45, 2.75) is 10.8 Å². The summed E-state index contributed by atoms with van der Waals surface area (Å²) >= 11 is 5.77. The molecule has 0 radical (unpaired) electrons. The van der Waals surface area contributed by atoms with Crippen molar-refractivity contribution in [2.75, 3.05) is 20.2 Å². The number of halogens is 4. The van der Waals surface area contributed by atoms with Crippen LogP contribution >= 0.6 is 24.0 Å². The predicted octanol–water partition coefficient (Wildman–Crippen LogP) is 1.42. The molecule has 1 aromatic carbocycles. The van der Waals surface area contributed by atoms with Crippen LogP contribution in [0, 0.1) is 0 Å². The van der Waals surface area contributed by atoms with Gasteiger partial charge in [-0.25, -0.2) is 26.7 Å². The molecular weight excluding hydrogens is 365 g/mol. The Hall–Kier alpha value is -1.00. The number of carbonyl (C=O) groups is 1. The number of rotatable bonds is 6. The molecule has 0 saturated heterocycles. The summed E-state index contributed by atoms with van der Waals surface area (Å²) < 4.78 is 55.8. The number of carbonyl (C=O) groups excluding carboxylic acids is 1. The highest BCUT2D eigenvalue weighted by atomic mass is 35.5. The Morgan fingerprint density at radius 2 is 2.05 bits per heavy atom. The first kappa shape index (κ1) is 21.0. The largest absolute Gasteiger partial charge is 0.465 e. The van der Waals surface area contributed by atoms with Crippen molar-refractivity contribution in [2.24, 2.45) is 5.73 Å². The molecule has 0 aliphatic heterocycles. The number of esters is 1. The fraction of sp³-hybridized carbons (Fsp3) is 0.364. The van der Waals surface area contributed by atoms with Crippen LogP contribution in [-0.4, -0.2) is 40.5 Å². The number of benzene rings is 1. The van der Waals surface area contributed by atoms with E-state index in [0.717, 1.165) is 25.3 Å². The van der Waals surface area contributed by atoms with Crippen LogP contribution in [-0.2, 0) is 14.8 Å². The minimum absolute atomic E-state index is 0. The zero-order chi connectivity index (χ0) is 16.3. The van der Waals surface area contributed by atoms with Gasteiger partial charge in [-0.2, -0.15) is 0 Å². The first-order valence-electron chi connectivity index (χ1n) is 5.58. The van der Waals surface area contributed by atoms with E-state index in [1.165, 1.54) is 0 Å². The number of methoxy groups -OCH3 is 1. The Bertz CT molecular complexity index is 641. The van der Waals surface area contributed by atoms with Crippen LogP contribution < -0.4 is 10.5 Å². The van der Waals surface area contributed by atoms with Gasteiger partial charge in [-0.1, -0.05) is 11.6 Å². The molecule has 6 nitrogen and oxygen atoms in total. The molecule has 1 rings (SSSR count). The lowest BCUT2D eigenvalue weighted by Crippen LogP contribution is -2.41. The molecule has 0 aliphatic rings. The quantitative estimate of drug-likeness (QED) is 0.729. The highest BCUT2D eigenvalue weighted by molar-refractivity contribution is 7.89. The van der Waals surface area contributed by atoms with Crippen LogP contribution in [0.4, 0.5) is 8.78 Å². The van der Waals surface area contributed by atoms with Crippen molar-refractivity contribution < 1.29 is 26.7 Å². The summed E-state index contributed by atoms with van der Waals surface area (Å²) in [4.78, 5) is 11.0. The van der Waals surface area contributed by atoms with Gasteiger partial charge in [0.1, 0.15) is 0 Å². The maximum atomic E-state index is 13.0. The summed E-state index contributed by atoms with van der Waals surface area (Å²) in [7, 11) is -3.06. The van der Waals surface area contributed by atoms with E-state index in [9.17, 15) is 22.0 Å². The molecule has 3 N–H and O–H groups in total. The third kappa shape index (κ3) is 5.33. The van der Waals surface area contributed by atoms with Crippen molar-refractivity contribution in [3.63, 3.8) is 0 Å². The average Bonchev–Trinajstić information content (AvgIpc) is 2.44. The van der Waals surface area contributed by atoms with Gasteiger partial charge in [-0.15, -0.1) is 12.4 Å².